The molecule has 0 atom stereocenters. The zero-order chi connectivity index (χ0) is 24.4. The van der Waals surface area contributed by atoms with Gasteiger partial charge < -0.3 is 9.47 Å². The number of amides is 1. The number of hydrogen-bond acceptors (Lipinski definition) is 7. The van der Waals surface area contributed by atoms with Gasteiger partial charge in [-0.1, -0.05) is 53.8 Å². The Morgan fingerprint density at radius 3 is 2.29 bits per heavy atom. The maximum atomic E-state index is 13.9. The summed E-state index contributed by atoms with van der Waals surface area (Å²) in [5, 5.41) is 12.3. The highest BCUT2D eigenvalue weighted by molar-refractivity contribution is 7.22. The molecule has 34 heavy (non-hydrogen) atoms. The molecular formula is C25H23N3O5S. The highest BCUT2D eigenvalue weighted by atomic mass is 32.1. The van der Waals surface area contributed by atoms with E-state index in [1.54, 1.807) is 0 Å². The highest BCUT2D eigenvalue weighted by Crippen LogP contribution is 2.38. The summed E-state index contributed by atoms with van der Waals surface area (Å²) in [6, 6.07) is 16.0. The number of aryl methyl sites for hydroxylation is 2. The van der Waals surface area contributed by atoms with Crippen LogP contribution in [0.1, 0.15) is 27.0 Å². The lowest BCUT2D eigenvalue weighted by Gasteiger charge is -2.21. The predicted molar refractivity (Wildman–Crippen MR) is 132 cm³/mol. The number of carbonyl (C=O) groups excluding carboxylic acids is 1. The number of methoxy groups -OCH3 is 2. The van der Waals surface area contributed by atoms with Crippen LogP contribution in [0.2, 0.25) is 0 Å². The Bertz CT molecular complexity index is 1350. The van der Waals surface area contributed by atoms with E-state index in [4.69, 9.17) is 14.5 Å². The highest BCUT2D eigenvalue weighted by Gasteiger charge is 2.30. The predicted octanol–water partition coefficient (Wildman–Crippen LogP) is 5.69. The minimum Gasteiger partial charge on any atom is -0.493 e. The molecule has 0 aliphatic rings. The maximum Gasteiger partial charge on any atom is 0.286 e. The SMILES string of the molecule is COc1cc(C(=O)N(Cc2ccccc2)c2nc3c(C)ccc(C)c3s2)c([N+](=O)[O-])cc1OC. The third-order valence-corrected chi connectivity index (χ3v) is 6.73. The quantitative estimate of drug-likeness (QED) is 0.251. The third kappa shape index (κ3) is 4.29. The van der Waals surface area contributed by atoms with Crippen LogP contribution in [0.3, 0.4) is 0 Å². The molecule has 174 valence electrons. The van der Waals surface area contributed by atoms with Gasteiger partial charge in [-0.3, -0.25) is 19.8 Å². The van der Waals surface area contributed by atoms with Crippen molar-refractivity contribution in [1.29, 1.82) is 0 Å². The van der Waals surface area contributed by atoms with E-state index in [-0.39, 0.29) is 29.3 Å². The minimum absolute atomic E-state index is 0.105. The first kappa shape index (κ1) is 23.2. The monoisotopic (exact) mass is 477 g/mol. The van der Waals surface area contributed by atoms with E-state index < -0.39 is 10.8 Å². The number of ether oxygens (including phenoxy) is 2. The average Bonchev–Trinajstić information content (AvgIpc) is 3.30. The molecular weight excluding hydrogens is 454 g/mol. The fourth-order valence-electron chi connectivity index (χ4n) is 3.69. The average molecular weight is 478 g/mol. The van der Waals surface area contributed by atoms with Gasteiger partial charge in [-0.2, -0.15) is 0 Å². The van der Waals surface area contributed by atoms with Crippen molar-refractivity contribution in [2.45, 2.75) is 20.4 Å². The number of rotatable bonds is 7. The molecule has 0 bridgehead atoms. The summed E-state index contributed by atoms with van der Waals surface area (Å²) < 4.78 is 11.5. The van der Waals surface area contributed by atoms with E-state index >= 15 is 0 Å². The zero-order valence-corrected chi connectivity index (χ0v) is 20.0. The molecule has 0 fully saturated rings. The van der Waals surface area contributed by atoms with Crippen LogP contribution in [0.25, 0.3) is 10.2 Å². The minimum atomic E-state index is -0.595. The molecule has 1 aromatic heterocycles. The van der Waals surface area contributed by atoms with Crippen molar-refractivity contribution < 1.29 is 19.2 Å². The van der Waals surface area contributed by atoms with E-state index in [2.05, 4.69) is 0 Å². The van der Waals surface area contributed by atoms with Crippen molar-refractivity contribution in [2.75, 3.05) is 19.1 Å². The lowest BCUT2D eigenvalue weighted by Crippen LogP contribution is -2.31. The molecule has 1 amide bonds. The van der Waals surface area contributed by atoms with Crippen LogP contribution in [-0.2, 0) is 6.54 Å². The Balaban J connectivity index is 1.90. The lowest BCUT2D eigenvalue weighted by atomic mass is 10.1. The van der Waals surface area contributed by atoms with Crippen molar-refractivity contribution in [3.63, 3.8) is 0 Å². The first-order valence-corrected chi connectivity index (χ1v) is 11.3. The van der Waals surface area contributed by atoms with Crippen molar-refractivity contribution in [3.8, 4) is 11.5 Å². The first-order chi connectivity index (χ1) is 16.3. The summed E-state index contributed by atoms with van der Waals surface area (Å²) in [6.07, 6.45) is 0. The second-order valence-electron chi connectivity index (χ2n) is 7.73. The summed E-state index contributed by atoms with van der Waals surface area (Å²) >= 11 is 1.39. The van der Waals surface area contributed by atoms with Crippen molar-refractivity contribution in [2.24, 2.45) is 0 Å². The molecule has 4 rings (SSSR count). The van der Waals surface area contributed by atoms with E-state index in [1.165, 1.54) is 42.6 Å². The second-order valence-corrected chi connectivity index (χ2v) is 8.71. The molecule has 0 spiro atoms. The van der Waals surface area contributed by atoms with Crippen molar-refractivity contribution in [3.05, 3.63) is 87.0 Å². The number of thiazole rings is 1. The van der Waals surface area contributed by atoms with Crippen LogP contribution >= 0.6 is 11.3 Å². The molecule has 0 saturated carbocycles. The molecule has 0 aliphatic carbocycles. The fraction of sp³-hybridized carbons (Fsp3) is 0.200. The van der Waals surface area contributed by atoms with Crippen LogP contribution < -0.4 is 14.4 Å². The first-order valence-electron chi connectivity index (χ1n) is 10.5. The molecule has 9 heteroatoms. The van der Waals surface area contributed by atoms with Crippen LogP contribution in [-0.4, -0.2) is 30.0 Å². The van der Waals surface area contributed by atoms with Gasteiger partial charge in [0.1, 0.15) is 5.56 Å². The van der Waals surface area contributed by atoms with Gasteiger partial charge in [-0.05, 0) is 30.5 Å². The van der Waals surface area contributed by atoms with Crippen LogP contribution in [0, 0.1) is 24.0 Å². The van der Waals surface area contributed by atoms with Crippen molar-refractivity contribution >= 4 is 38.3 Å². The summed E-state index contributed by atoms with van der Waals surface area (Å²) in [5.41, 5.74) is 3.25. The molecule has 8 nitrogen and oxygen atoms in total. The normalized spacial score (nSPS) is 10.8. The van der Waals surface area contributed by atoms with Crippen LogP contribution in [0.15, 0.2) is 54.6 Å². The summed E-state index contributed by atoms with van der Waals surface area (Å²) in [5.74, 6) is -0.149. The summed E-state index contributed by atoms with van der Waals surface area (Å²) in [6.45, 7) is 4.16. The Morgan fingerprint density at radius 2 is 1.68 bits per heavy atom. The fourth-order valence-corrected chi connectivity index (χ4v) is 4.80. The molecule has 0 unspecified atom stereocenters. The lowest BCUT2D eigenvalue weighted by molar-refractivity contribution is -0.385. The van der Waals surface area contributed by atoms with E-state index in [0.717, 1.165) is 26.9 Å². The smallest absolute Gasteiger partial charge is 0.286 e. The summed E-state index contributed by atoms with van der Waals surface area (Å²) in [4.78, 5) is 31.4. The number of nitro groups is 1. The number of benzene rings is 3. The largest absolute Gasteiger partial charge is 0.493 e. The number of anilines is 1. The summed E-state index contributed by atoms with van der Waals surface area (Å²) in [7, 11) is 2.80. The van der Waals surface area contributed by atoms with Gasteiger partial charge in [-0.25, -0.2) is 4.98 Å². The van der Waals surface area contributed by atoms with Gasteiger partial charge in [0.2, 0.25) is 0 Å². The van der Waals surface area contributed by atoms with Gasteiger partial charge in [0.25, 0.3) is 11.6 Å². The number of carbonyl (C=O) groups is 1. The number of aromatic nitrogens is 1. The van der Waals surface area contributed by atoms with Gasteiger partial charge >= 0.3 is 0 Å². The third-order valence-electron chi connectivity index (χ3n) is 5.52. The van der Waals surface area contributed by atoms with E-state index in [9.17, 15) is 14.9 Å². The molecule has 0 radical (unpaired) electrons. The molecule has 0 aliphatic heterocycles. The molecule has 1 heterocycles. The van der Waals surface area contributed by atoms with Crippen LogP contribution in [0.4, 0.5) is 10.8 Å². The maximum absolute atomic E-state index is 13.9. The second kappa shape index (κ2) is 9.48. The molecule has 4 aromatic rings. The Kier molecular flexibility index (Phi) is 6.47. The van der Waals surface area contributed by atoms with Crippen molar-refractivity contribution in [1.82, 2.24) is 4.98 Å². The number of nitrogens with zero attached hydrogens (tertiary/aromatic N) is 3. The zero-order valence-electron chi connectivity index (χ0n) is 19.2. The van der Waals surface area contributed by atoms with Gasteiger partial charge in [0.15, 0.2) is 16.6 Å². The molecule has 0 saturated heterocycles. The van der Waals surface area contributed by atoms with Gasteiger partial charge in [-0.15, -0.1) is 0 Å². The van der Waals surface area contributed by atoms with Gasteiger partial charge in [0, 0.05) is 6.07 Å². The Morgan fingerprint density at radius 1 is 1.03 bits per heavy atom. The number of hydrogen-bond donors (Lipinski definition) is 0. The van der Waals surface area contributed by atoms with E-state index in [1.807, 2.05) is 56.3 Å². The number of fused-ring (bicyclic) bond motifs is 1. The standard InChI is InChI=1S/C25H23N3O5S/c1-15-10-11-16(2)23-22(15)26-25(34-23)27(14-17-8-6-5-7-9-17)24(29)18-12-20(32-3)21(33-4)13-19(18)28(30)31/h5-13H,14H2,1-4H3. The van der Waals surface area contributed by atoms with Crippen LogP contribution in [0.5, 0.6) is 11.5 Å². The topological polar surface area (TPSA) is 94.8 Å². The molecule has 3 aromatic carbocycles. The molecule has 0 N–H and O–H groups in total. The number of nitro benzene ring substituents is 1. The Hall–Kier alpha value is -3.98. The van der Waals surface area contributed by atoms with Gasteiger partial charge in [0.05, 0.1) is 42.0 Å². The van der Waals surface area contributed by atoms with E-state index in [0.29, 0.717) is 5.13 Å². The Labute approximate surface area is 200 Å².